The summed E-state index contributed by atoms with van der Waals surface area (Å²) >= 11 is 6.41. The fourth-order valence-electron chi connectivity index (χ4n) is 4.25. The molecule has 8 heteroatoms. The van der Waals surface area contributed by atoms with Crippen molar-refractivity contribution in [3.8, 4) is 5.75 Å². The smallest absolute Gasteiger partial charge is 0.244 e. The van der Waals surface area contributed by atoms with E-state index in [1.807, 2.05) is 0 Å². The number of hydrogen-bond donors (Lipinski definition) is 3. The Morgan fingerprint density at radius 2 is 1.36 bits per heavy atom. The molecule has 0 saturated heterocycles. The van der Waals surface area contributed by atoms with Crippen molar-refractivity contribution in [1.29, 1.82) is 0 Å². The highest BCUT2D eigenvalue weighted by Gasteiger charge is 2.51. The van der Waals surface area contributed by atoms with Crippen LogP contribution in [0.5, 0.6) is 5.75 Å². The predicted octanol–water partition coefficient (Wildman–Crippen LogP) is 4.55. The van der Waals surface area contributed by atoms with Gasteiger partial charge in [0.1, 0.15) is 11.2 Å². The first kappa shape index (κ1) is 22.4. The lowest BCUT2D eigenvalue weighted by atomic mass is 9.70. The molecule has 0 spiro atoms. The number of benzene rings is 3. The molecular formula is C25H22ClN3O4. The predicted molar refractivity (Wildman–Crippen MR) is 128 cm³/mol. The Morgan fingerprint density at radius 1 is 0.879 bits per heavy atom. The van der Waals surface area contributed by atoms with Gasteiger partial charge in [-0.15, -0.1) is 0 Å². The summed E-state index contributed by atoms with van der Waals surface area (Å²) in [5.74, 6) is -0.187. The highest BCUT2D eigenvalue weighted by molar-refractivity contribution is 6.31. The van der Waals surface area contributed by atoms with Gasteiger partial charge >= 0.3 is 0 Å². The van der Waals surface area contributed by atoms with E-state index in [9.17, 15) is 14.4 Å². The maximum absolute atomic E-state index is 13.7. The average Bonchev–Trinajstić information content (AvgIpc) is 3.06. The first-order chi connectivity index (χ1) is 15.7. The Labute approximate surface area is 196 Å². The zero-order valence-electron chi connectivity index (χ0n) is 18.3. The average molecular weight is 464 g/mol. The van der Waals surface area contributed by atoms with Gasteiger partial charge in [0.15, 0.2) is 0 Å². The number of carbonyl (C=O) groups excluding carboxylic acids is 3. The van der Waals surface area contributed by atoms with Gasteiger partial charge < -0.3 is 20.7 Å². The Hall–Kier alpha value is -3.84. The highest BCUT2D eigenvalue weighted by Crippen LogP contribution is 2.51. The van der Waals surface area contributed by atoms with Crippen molar-refractivity contribution in [2.24, 2.45) is 0 Å². The van der Waals surface area contributed by atoms with E-state index in [-0.39, 0.29) is 17.7 Å². The third-order valence-electron chi connectivity index (χ3n) is 5.55. The van der Waals surface area contributed by atoms with Gasteiger partial charge in [0.25, 0.3) is 0 Å². The first-order valence-corrected chi connectivity index (χ1v) is 10.6. The molecular weight excluding hydrogens is 442 g/mol. The molecule has 1 heterocycles. The van der Waals surface area contributed by atoms with Crippen molar-refractivity contribution in [3.05, 3.63) is 82.4 Å². The van der Waals surface area contributed by atoms with E-state index in [2.05, 4.69) is 16.0 Å². The molecule has 0 radical (unpaired) electrons. The third-order valence-corrected chi connectivity index (χ3v) is 5.76. The summed E-state index contributed by atoms with van der Waals surface area (Å²) in [6, 6.07) is 17.6. The Morgan fingerprint density at radius 3 is 1.79 bits per heavy atom. The van der Waals surface area contributed by atoms with Crippen molar-refractivity contribution in [3.63, 3.8) is 0 Å². The topological polar surface area (TPSA) is 96.5 Å². The van der Waals surface area contributed by atoms with Crippen LogP contribution in [0.25, 0.3) is 0 Å². The highest BCUT2D eigenvalue weighted by atomic mass is 35.5. The largest absolute Gasteiger partial charge is 0.495 e. The molecule has 0 fully saturated rings. The minimum Gasteiger partial charge on any atom is -0.495 e. The summed E-state index contributed by atoms with van der Waals surface area (Å²) in [4.78, 5) is 36.6. The van der Waals surface area contributed by atoms with Crippen LogP contribution in [0.4, 0.5) is 17.1 Å². The van der Waals surface area contributed by atoms with Crippen LogP contribution in [0.1, 0.15) is 30.5 Å². The molecule has 0 aliphatic carbocycles. The van der Waals surface area contributed by atoms with Crippen molar-refractivity contribution >= 4 is 46.4 Å². The molecule has 3 N–H and O–H groups in total. The van der Waals surface area contributed by atoms with Crippen LogP contribution in [-0.2, 0) is 19.8 Å². The number of halogens is 1. The molecule has 1 aliphatic heterocycles. The molecule has 0 saturated carbocycles. The molecule has 168 valence electrons. The van der Waals surface area contributed by atoms with Gasteiger partial charge in [0.2, 0.25) is 17.7 Å². The van der Waals surface area contributed by atoms with Crippen molar-refractivity contribution in [2.75, 3.05) is 23.1 Å². The number of carbonyl (C=O) groups is 3. The normalized spacial score (nSPS) is 13.6. The minimum atomic E-state index is -1.23. The number of fused-ring (bicyclic) bond motifs is 1. The first-order valence-electron chi connectivity index (χ1n) is 10.2. The van der Waals surface area contributed by atoms with Gasteiger partial charge in [-0.05, 0) is 41.5 Å². The van der Waals surface area contributed by atoms with Crippen molar-refractivity contribution in [2.45, 2.75) is 19.3 Å². The fraction of sp³-hybridized carbons (Fsp3) is 0.160. The number of nitrogens with one attached hydrogen (secondary N) is 3. The van der Waals surface area contributed by atoms with Gasteiger partial charge in [0, 0.05) is 41.9 Å². The molecule has 1 aliphatic rings. The van der Waals surface area contributed by atoms with Crippen molar-refractivity contribution in [1.82, 2.24) is 0 Å². The number of hydrogen-bond acceptors (Lipinski definition) is 4. The van der Waals surface area contributed by atoms with Crippen molar-refractivity contribution < 1.29 is 19.1 Å². The SMILES string of the molecule is COc1cc(Cl)cc2c1NC(=O)C2(c1ccc(NC(C)=O)cc1)c1ccc(NC(C)=O)cc1. The zero-order chi connectivity index (χ0) is 23.8. The van der Waals surface area contributed by atoms with E-state index in [0.717, 1.165) is 0 Å². The molecule has 7 nitrogen and oxygen atoms in total. The minimum absolute atomic E-state index is 0.188. The van der Waals surface area contributed by atoms with Crippen LogP contribution in [0.3, 0.4) is 0 Å². The van der Waals surface area contributed by atoms with Crippen LogP contribution >= 0.6 is 11.6 Å². The fourth-order valence-corrected chi connectivity index (χ4v) is 4.46. The van der Waals surface area contributed by atoms with E-state index in [1.165, 1.54) is 21.0 Å². The molecule has 0 unspecified atom stereocenters. The second-order valence-corrected chi connectivity index (χ2v) is 8.19. The lowest BCUT2D eigenvalue weighted by Gasteiger charge is -2.29. The number of methoxy groups -OCH3 is 1. The van der Waals surface area contributed by atoms with E-state index in [1.54, 1.807) is 60.7 Å². The zero-order valence-corrected chi connectivity index (χ0v) is 19.0. The molecule has 4 rings (SSSR count). The standard InChI is InChI=1S/C25H22ClN3O4/c1-14(30)27-19-8-4-16(5-9-19)25(17-6-10-20(11-7-17)28-15(2)31)21-12-18(26)13-22(33-3)23(21)29-24(25)32/h4-13H,1-3H3,(H,27,30)(H,28,31)(H,29,32). The molecule has 0 aromatic heterocycles. The van der Waals surface area contributed by atoms with Gasteiger partial charge in [-0.25, -0.2) is 0 Å². The number of anilines is 3. The van der Waals surface area contributed by atoms with E-state index in [4.69, 9.17) is 16.3 Å². The summed E-state index contributed by atoms with van der Waals surface area (Å²) in [6.07, 6.45) is 0. The molecule has 33 heavy (non-hydrogen) atoms. The maximum atomic E-state index is 13.7. The second kappa shape index (κ2) is 8.60. The van der Waals surface area contributed by atoms with Gasteiger partial charge in [-0.2, -0.15) is 0 Å². The Balaban J connectivity index is 1.95. The summed E-state index contributed by atoms with van der Waals surface area (Å²) in [6.45, 7) is 2.86. The Bertz CT molecular complexity index is 1190. The van der Waals surface area contributed by atoms with Crippen LogP contribution in [0.15, 0.2) is 60.7 Å². The molecule has 3 amide bonds. The molecule has 3 aromatic rings. The summed E-state index contributed by atoms with van der Waals surface area (Å²) in [5.41, 5.74) is 2.57. The molecule has 0 atom stereocenters. The van der Waals surface area contributed by atoms with Gasteiger partial charge in [-0.3, -0.25) is 14.4 Å². The van der Waals surface area contributed by atoms with Gasteiger partial charge in [-0.1, -0.05) is 35.9 Å². The summed E-state index contributed by atoms with van der Waals surface area (Å²) in [5, 5.41) is 8.87. The number of rotatable bonds is 5. The second-order valence-electron chi connectivity index (χ2n) is 7.75. The van der Waals surface area contributed by atoms with Crippen LogP contribution in [-0.4, -0.2) is 24.8 Å². The summed E-state index contributed by atoms with van der Waals surface area (Å²) in [7, 11) is 1.52. The van der Waals surface area contributed by atoms with E-state index < -0.39 is 5.41 Å². The van der Waals surface area contributed by atoms with Crippen LogP contribution in [0, 0.1) is 0 Å². The maximum Gasteiger partial charge on any atom is 0.244 e. The lowest BCUT2D eigenvalue weighted by molar-refractivity contribution is -0.118. The van der Waals surface area contributed by atoms with E-state index in [0.29, 0.717) is 44.5 Å². The summed E-state index contributed by atoms with van der Waals surface area (Å²) < 4.78 is 5.48. The monoisotopic (exact) mass is 463 g/mol. The number of ether oxygens (including phenoxy) is 1. The van der Waals surface area contributed by atoms with Gasteiger partial charge in [0.05, 0.1) is 12.8 Å². The Kier molecular flexibility index (Phi) is 5.82. The quantitative estimate of drug-likeness (QED) is 0.517. The molecule has 0 bridgehead atoms. The van der Waals surface area contributed by atoms with Crippen LogP contribution in [0.2, 0.25) is 5.02 Å². The lowest BCUT2D eigenvalue weighted by Crippen LogP contribution is -2.37. The number of amides is 3. The van der Waals surface area contributed by atoms with Crippen LogP contribution < -0.4 is 20.7 Å². The van der Waals surface area contributed by atoms with E-state index >= 15 is 0 Å². The molecule has 3 aromatic carbocycles. The third kappa shape index (κ3) is 3.91.